The van der Waals surface area contributed by atoms with Crippen LogP contribution in [0.1, 0.15) is 47.1 Å². The van der Waals surface area contributed by atoms with Crippen molar-refractivity contribution >= 4 is 11.8 Å². The van der Waals surface area contributed by atoms with Crippen LogP contribution < -0.4 is 0 Å². The second-order valence-electron chi connectivity index (χ2n) is 7.20. The van der Waals surface area contributed by atoms with Crippen molar-refractivity contribution in [3.05, 3.63) is 52.8 Å². The van der Waals surface area contributed by atoms with Gasteiger partial charge in [0.25, 0.3) is 5.91 Å². The Morgan fingerprint density at radius 2 is 1.85 bits per heavy atom. The number of carbonyl (C=O) groups is 2. The number of aromatic nitrogens is 2. The van der Waals surface area contributed by atoms with E-state index in [1.807, 2.05) is 47.7 Å². The van der Waals surface area contributed by atoms with Crippen molar-refractivity contribution in [3.8, 4) is 0 Å². The van der Waals surface area contributed by atoms with Crippen molar-refractivity contribution in [2.75, 3.05) is 26.2 Å². The van der Waals surface area contributed by atoms with Gasteiger partial charge in [-0.2, -0.15) is 5.10 Å². The third kappa shape index (κ3) is 4.56. The Hall–Kier alpha value is -2.63. The van der Waals surface area contributed by atoms with Crippen LogP contribution in [-0.4, -0.2) is 57.6 Å². The highest BCUT2D eigenvalue weighted by Crippen LogP contribution is 2.13. The van der Waals surface area contributed by atoms with Gasteiger partial charge >= 0.3 is 0 Å². The van der Waals surface area contributed by atoms with Crippen molar-refractivity contribution < 1.29 is 9.59 Å². The first-order valence-electron chi connectivity index (χ1n) is 9.65. The van der Waals surface area contributed by atoms with Crippen molar-refractivity contribution in [2.45, 2.75) is 40.2 Å². The summed E-state index contributed by atoms with van der Waals surface area (Å²) in [5.41, 5.74) is 3.91. The number of carbonyl (C=O) groups excluding carboxylic acids is 2. The molecule has 1 aliphatic rings. The Labute approximate surface area is 160 Å². The molecule has 2 aromatic rings. The Bertz CT molecular complexity index is 810. The van der Waals surface area contributed by atoms with Gasteiger partial charge in [-0.05, 0) is 44.0 Å². The SMILES string of the molecule is CCCN1CCN(C(=O)c2ccc(Cn3nc(C)cc3C)cc2)CCC1=O. The maximum atomic E-state index is 12.8. The minimum absolute atomic E-state index is 0.00110. The molecule has 0 N–H and O–H groups in total. The number of aryl methyl sites for hydroxylation is 2. The third-order valence-corrected chi connectivity index (χ3v) is 5.01. The van der Waals surface area contributed by atoms with Crippen LogP contribution in [0.5, 0.6) is 0 Å². The van der Waals surface area contributed by atoms with Gasteiger partial charge in [0.2, 0.25) is 5.91 Å². The largest absolute Gasteiger partial charge is 0.341 e. The predicted octanol–water partition coefficient (Wildman–Crippen LogP) is 2.63. The summed E-state index contributed by atoms with van der Waals surface area (Å²) in [6.45, 7) is 9.26. The van der Waals surface area contributed by atoms with E-state index in [0.717, 1.165) is 29.9 Å². The zero-order chi connectivity index (χ0) is 19.4. The maximum Gasteiger partial charge on any atom is 0.253 e. The maximum absolute atomic E-state index is 12.8. The highest BCUT2D eigenvalue weighted by atomic mass is 16.2. The summed E-state index contributed by atoms with van der Waals surface area (Å²) in [6, 6.07) is 9.77. The van der Waals surface area contributed by atoms with Gasteiger partial charge in [0.05, 0.1) is 12.2 Å². The van der Waals surface area contributed by atoms with E-state index in [4.69, 9.17) is 0 Å². The molecule has 0 saturated carbocycles. The molecule has 1 fully saturated rings. The standard InChI is InChI=1S/C21H28N4O2/c1-4-10-23-12-13-24(11-9-20(23)26)21(27)19-7-5-18(6-8-19)15-25-17(3)14-16(2)22-25/h5-8,14H,4,9-13,15H2,1-3H3. The van der Waals surface area contributed by atoms with Crippen LogP contribution in [0, 0.1) is 13.8 Å². The summed E-state index contributed by atoms with van der Waals surface area (Å²) in [4.78, 5) is 28.6. The van der Waals surface area contributed by atoms with Crippen LogP contribution in [0.15, 0.2) is 30.3 Å². The normalized spacial score (nSPS) is 15.1. The van der Waals surface area contributed by atoms with E-state index >= 15 is 0 Å². The molecule has 6 heteroatoms. The Morgan fingerprint density at radius 3 is 2.48 bits per heavy atom. The third-order valence-electron chi connectivity index (χ3n) is 5.01. The van der Waals surface area contributed by atoms with Gasteiger partial charge in [-0.1, -0.05) is 19.1 Å². The number of benzene rings is 1. The first-order chi connectivity index (χ1) is 13.0. The summed E-state index contributed by atoms with van der Waals surface area (Å²) < 4.78 is 1.97. The predicted molar refractivity (Wildman–Crippen MR) is 105 cm³/mol. The van der Waals surface area contributed by atoms with Gasteiger partial charge in [-0.15, -0.1) is 0 Å². The monoisotopic (exact) mass is 368 g/mol. The van der Waals surface area contributed by atoms with Crippen LogP contribution in [-0.2, 0) is 11.3 Å². The van der Waals surface area contributed by atoms with Crippen LogP contribution in [0.25, 0.3) is 0 Å². The molecular weight excluding hydrogens is 340 g/mol. The minimum Gasteiger partial charge on any atom is -0.341 e. The zero-order valence-electron chi connectivity index (χ0n) is 16.4. The van der Waals surface area contributed by atoms with E-state index in [1.54, 1.807) is 4.90 Å². The number of hydrogen-bond acceptors (Lipinski definition) is 3. The van der Waals surface area contributed by atoms with Crippen molar-refractivity contribution in [1.29, 1.82) is 0 Å². The molecule has 0 aliphatic carbocycles. The number of nitrogens with zero attached hydrogens (tertiary/aromatic N) is 4. The van der Waals surface area contributed by atoms with E-state index in [2.05, 4.69) is 18.1 Å². The highest BCUT2D eigenvalue weighted by Gasteiger charge is 2.24. The fraction of sp³-hybridized carbons (Fsp3) is 0.476. The average Bonchev–Trinajstić information content (AvgIpc) is 2.85. The van der Waals surface area contributed by atoms with Gasteiger partial charge in [0, 0.05) is 43.9 Å². The molecular formula is C21H28N4O2. The zero-order valence-corrected chi connectivity index (χ0v) is 16.4. The number of hydrogen-bond donors (Lipinski definition) is 0. The van der Waals surface area contributed by atoms with Gasteiger partial charge < -0.3 is 9.80 Å². The molecule has 0 bridgehead atoms. The summed E-state index contributed by atoms with van der Waals surface area (Å²) in [5.74, 6) is 0.145. The summed E-state index contributed by atoms with van der Waals surface area (Å²) in [7, 11) is 0. The molecule has 2 amide bonds. The molecule has 2 heterocycles. The smallest absolute Gasteiger partial charge is 0.253 e. The lowest BCUT2D eigenvalue weighted by atomic mass is 10.1. The molecule has 0 radical (unpaired) electrons. The molecule has 1 aliphatic heterocycles. The topological polar surface area (TPSA) is 58.4 Å². The van der Waals surface area contributed by atoms with Crippen LogP contribution >= 0.6 is 0 Å². The first kappa shape index (κ1) is 19.1. The molecule has 6 nitrogen and oxygen atoms in total. The molecule has 27 heavy (non-hydrogen) atoms. The lowest BCUT2D eigenvalue weighted by Gasteiger charge is -2.22. The first-order valence-corrected chi connectivity index (χ1v) is 9.65. The van der Waals surface area contributed by atoms with Crippen LogP contribution in [0.4, 0.5) is 0 Å². The van der Waals surface area contributed by atoms with E-state index in [1.165, 1.54) is 0 Å². The highest BCUT2D eigenvalue weighted by molar-refractivity contribution is 5.94. The molecule has 3 rings (SSSR count). The minimum atomic E-state index is -0.00110. The summed E-state index contributed by atoms with van der Waals surface area (Å²) >= 11 is 0. The lowest BCUT2D eigenvalue weighted by molar-refractivity contribution is -0.130. The Kier molecular flexibility index (Phi) is 5.94. The molecule has 0 atom stereocenters. The van der Waals surface area contributed by atoms with E-state index in [9.17, 15) is 9.59 Å². The average molecular weight is 368 g/mol. The summed E-state index contributed by atoms with van der Waals surface area (Å²) in [5, 5.41) is 4.48. The van der Waals surface area contributed by atoms with E-state index < -0.39 is 0 Å². The molecule has 1 saturated heterocycles. The van der Waals surface area contributed by atoms with Crippen molar-refractivity contribution in [1.82, 2.24) is 19.6 Å². The van der Waals surface area contributed by atoms with Crippen LogP contribution in [0.3, 0.4) is 0 Å². The van der Waals surface area contributed by atoms with Gasteiger partial charge in [0.1, 0.15) is 0 Å². The fourth-order valence-corrected chi connectivity index (χ4v) is 3.52. The quantitative estimate of drug-likeness (QED) is 0.815. The summed E-state index contributed by atoms with van der Waals surface area (Å²) in [6.07, 6.45) is 1.35. The molecule has 0 spiro atoms. The molecule has 1 aromatic carbocycles. The number of rotatable bonds is 5. The van der Waals surface area contributed by atoms with Crippen molar-refractivity contribution in [2.24, 2.45) is 0 Å². The number of amides is 2. The Morgan fingerprint density at radius 1 is 1.11 bits per heavy atom. The van der Waals surface area contributed by atoms with Gasteiger partial charge in [-0.25, -0.2) is 0 Å². The van der Waals surface area contributed by atoms with E-state index in [-0.39, 0.29) is 11.8 Å². The Balaban J connectivity index is 1.65. The molecule has 0 unspecified atom stereocenters. The van der Waals surface area contributed by atoms with Gasteiger partial charge in [-0.3, -0.25) is 14.3 Å². The van der Waals surface area contributed by atoms with Gasteiger partial charge in [0.15, 0.2) is 0 Å². The second kappa shape index (κ2) is 8.37. The fourth-order valence-electron chi connectivity index (χ4n) is 3.52. The molecule has 144 valence electrons. The van der Waals surface area contributed by atoms with Crippen LogP contribution in [0.2, 0.25) is 0 Å². The second-order valence-corrected chi connectivity index (χ2v) is 7.20. The lowest BCUT2D eigenvalue weighted by Crippen LogP contribution is -2.36. The molecule has 1 aromatic heterocycles. The van der Waals surface area contributed by atoms with E-state index in [0.29, 0.717) is 38.2 Å². The van der Waals surface area contributed by atoms with Crippen molar-refractivity contribution in [3.63, 3.8) is 0 Å².